The zero-order valence-corrected chi connectivity index (χ0v) is 18.1. The highest BCUT2D eigenvalue weighted by molar-refractivity contribution is 9.10. The Kier molecular flexibility index (Phi) is 6.25. The van der Waals surface area contributed by atoms with Crippen molar-refractivity contribution in [1.82, 2.24) is 0 Å². The number of hydrogen-bond acceptors (Lipinski definition) is 3. The standard InChI is InChI=1S/C22H18BrClN2O3/c1-12-4-3-5-16(13(12)2)21(27)17-8-7-15(11-18(17)24)25-19-9-6-14(23)10-20(19)26-22(28)29/h3-11,25-26H,1-2H3,(H,28,29). The molecule has 0 atom stereocenters. The number of nitrogens with one attached hydrogen (secondary N) is 2. The lowest BCUT2D eigenvalue weighted by molar-refractivity contribution is 0.103. The van der Waals surface area contributed by atoms with Crippen LogP contribution in [0.5, 0.6) is 0 Å². The van der Waals surface area contributed by atoms with Crippen molar-refractivity contribution >= 4 is 56.5 Å². The Hall–Kier alpha value is -2.83. The Labute approximate surface area is 181 Å². The predicted octanol–water partition coefficient (Wildman–Crippen LogP) is 6.78. The molecule has 0 bridgehead atoms. The van der Waals surface area contributed by atoms with Gasteiger partial charge in [0.1, 0.15) is 0 Å². The van der Waals surface area contributed by atoms with Crippen molar-refractivity contribution in [3.63, 3.8) is 0 Å². The quantitative estimate of drug-likeness (QED) is 0.357. The van der Waals surface area contributed by atoms with E-state index in [0.717, 1.165) is 15.6 Å². The molecule has 0 saturated heterocycles. The first-order valence-corrected chi connectivity index (χ1v) is 9.90. The number of anilines is 3. The molecule has 0 spiro atoms. The molecule has 0 aliphatic rings. The van der Waals surface area contributed by atoms with Crippen molar-refractivity contribution in [2.24, 2.45) is 0 Å². The second-order valence-corrected chi connectivity index (χ2v) is 7.84. The maximum atomic E-state index is 12.9. The molecular weight excluding hydrogens is 456 g/mol. The van der Waals surface area contributed by atoms with E-state index in [1.54, 1.807) is 42.5 Å². The summed E-state index contributed by atoms with van der Waals surface area (Å²) in [5, 5.41) is 14.8. The molecular formula is C22H18BrClN2O3. The molecule has 0 radical (unpaired) electrons. The molecule has 148 valence electrons. The molecule has 1 amide bonds. The molecule has 5 nitrogen and oxygen atoms in total. The maximum Gasteiger partial charge on any atom is 0.409 e. The number of carboxylic acid groups (broad SMARTS) is 1. The first kappa shape index (κ1) is 20.9. The Morgan fingerprint density at radius 1 is 0.966 bits per heavy atom. The summed E-state index contributed by atoms with van der Waals surface area (Å²) < 4.78 is 0.735. The van der Waals surface area contributed by atoms with Gasteiger partial charge in [0.25, 0.3) is 0 Å². The largest absolute Gasteiger partial charge is 0.465 e. The average molecular weight is 474 g/mol. The Morgan fingerprint density at radius 2 is 1.72 bits per heavy atom. The van der Waals surface area contributed by atoms with Crippen LogP contribution in [0.3, 0.4) is 0 Å². The molecule has 3 N–H and O–H groups in total. The number of amides is 1. The van der Waals surface area contributed by atoms with E-state index in [2.05, 4.69) is 26.6 Å². The third-order valence-corrected chi connectivity index (χ3v) is 5.37. The third-order valence-electron chi connectivity index (χ3n) is 4.57. The minimum atomic E-state index is -1.17. The highest BCUT2D eigenvalue weighted by atomic mass is 79.9. The summed E-state index contributed by atoms with van der Waals surface area (Å²) >= 11 is 9.73. The van der Waals surface area contributed by atoms with E-state index in [-0.39, 0.29) is 5.78 Å². The Balaban J connectivity index is 1.90. The molecule has 0 fully saturated rings. The van der Waals surface area contributed by atoms with Gasteiger partial charge < -0.3 is 10.4 Å². The summed E-state index contributed by atoms with van der Waals surface area (Å²) in [5.74, 6) is -0.139. The van der Waals surface area contributed by atoms with Crippen LogP contribution in [0.25, 0.3) is 0 Å². The highest BCUT2D eigenvalue weighted by Gasteiger charge is 2.16. The van der Waals surface area contributed by atoms with E-state index in [1.807, 2.05) is 26.0 Å². The van der Waals surface area contributed by atoms with Crippen molar-refractivity contribution < 1.29 is 14.7 Å². The number of rotatable bonds is 5. The minimum absolute atomic E-state index is 0.139. The molecule has 3 rings (SSSR count). The van der Waals surface area contributed by atoms with Crippen LogP contribution in [0, 0.1) is 13.8 Å². The smallest absolute Gasteiger partial charge is 0.409 e. The summed E-state index contributed by atoms with van der Waals surface area (Å²) in [4.78, 5) is 24.0. The van der Waals surface area contributed by atoms with Gasteiger partial charge in [-0.05, 0) is 61.4 Å². The fourth-order valence-electron chi connectivity index (χ4n) is 2.92. The number of hydrogen-bond donors (Lipinski definition) is 3. The highest BCUT2D eigenvalue weighted by Crippen LogP contribution is 2.31. The second-order valence-electron chi connectivity index (χ2n) is 6.52. The topological polar surface area (TPSA) is 78.4 Å². The fraction of sp³-hybridized carbons (Fsp3) is 0.0909. The van der Waals surface area contributed by atoms with Gasteiger partial charge in [-0.1, -0.05) is 45.7 Å². The van der Waals surface area contributed by atoms with E-state index in [9.17, 15) is 9.59 Å². The van der Waals surface area contributed by atoms with Gasteiger partial charge in [-0.15, -0.1) is 0 Å². The molecule has 0 unspecified atom stereocenters. The minimum Gasteiger partial charge on any atom is -0.465 e. The first-order chi connectivity index (χ1) is 13.8. The van der Waals surface area contributed by atoms with Crippen molar-refractivity contribution in [2.45, 2.75) is 13.8 Å². The lowest BCUT2D eigenvalue weighted by Crippen LogP contribution is -2.09. The number of halogens is 2. The molecule has 29 heavy (non-hydrogen) atoms. The molecule has 0 aliphatic heterocycles. The fourth-order valence-corrected chi connectivity index (χ4v) is 3.55. The maximum absolute atomic E-state index is 12.9. The zero-order valence-electron chi connectivity index (χ0n) is 15.7. The first-order valence-electron chi connectivity index (χ1n) is 8.73. The van der Waals surface area contributed by atoms with Gasteiger partial charge in [-0.2, -0.15) is 0 Å². The summed E-state index contributed by atoms with van der Waals surface area (Å²) in [7, 11) is 0. The van der Waals surface area contributed by atoms with Crippen LogP contribution in [0.2, 0.25) is 5.02 Å². The van der Waals surface area contributed by atoms with Crippen LogP contribution in [-0.2, 0) is 0 Å². The summed E-state index contributed by atoms with van der Waals surface area (Å²) in [6.45, 7) is 3.87. The van der Waals surface area contributed by atoms with Crippen LogP contribution in [0.4, 0.5) is 21.9 Å². The second kappa shape index (κ2) is 8.68. The number of ketones is 1. The van der Waals surface area contributed by atoms with Crippen LogP contribution in [0.15, 0.2) is 59.1 Å². The predicted molar refractivity (Wildman–Crippen MR) is 120 cm³/mol. The van der Waals surface area contributed by atoms with Crippen LogP contribution >= 0.6 is 27.5 Å². The molecule has 3 aromatic carbocycles. The van der Waals surface area contributed by atoms with Crippen molar-refractivity contribution in [2.75, 3.05) is 10.6 Å². The van der Waals surface area contributed by atoms with Gasteiger partial charge in [0.05, 0.1) is 16.4 Å². The lowest BCUT2D eigenvalue weighted by atomic mass is 9.96. The SMILES string of the molecule is Cc1cccc(C(=O)c2ccc(Nc3ccc(Br)cc3NC(=O)O)cc2Cl)c1C. The van der Waals surface area contributed by atoms with Crippen molar-refractivity contribution in [3.8, 4) is 0 Å². The van der Waals surface area contributed by atoms with Crippen LogP contribution < -0.4 is 10.6 Å². The van der Waals surface area contributed by atoms with E-state index >= 15 is 0 Å². The van der Waals surface area contributed by atoms with Gasteiger partial charge in [-0.25, -0.2) is 4.79 Å². The number of aryl methyl sites for hydroxylation is 1. The molecule has 0 heterocycles. The summed E-state index contributed by atoms with van der Waals surface area (Å²) in [6, 6.07) is 15.8. The normalized spacial score (nSPS) is 10.5. The lowest BCUT2D eigenvalue weighted by Gasteiger charge is -2.14. The van der Waals surface area contributed by atoms with E-state index < -0.39 is 6.09 Å². The van der Waals surface area contributed by atoms with Gasteiger partial charge in [-0.3, -0.25) is 10.1 Å². The van der Waals surface area contributed by atoms with Crippen LogP contribution in [-0.4, -0.2) is 17.0 Å². The number of carbonyl (C=O) groups excluding carboxylic acids is 1. The average Bonchev–Trinajstić information content (AvgIpc) is 2.65. The number of benzene rings is 3. The van der Waals surface area contributed by atoms with Gasteiger partial charge in [0, 0.05) is 21.3 Å². The molecule has 0 aliphatic carbocycles. The molecule has 7 heteroatoms. The monoisotopic (exact) mass is 472 g/mol. The van der Waals surface area contributed by atoms with E-state index in [0.29, 0.717) is 33.2 Å². The van der Waals surface area contributed by atoms with Crippen molar-refractivity contribution in [1.29, 1.82) is 0 Å². The van der Waals surface area contributed by atoms with E-state index in [4.69, 9.17) is 16.7 Å². The van der Waals surface area contributed by atoms with Gasteiger partial charge in [0.2, 0.25) is 0 Å². The molecule has 0 aromatic heterocycles. The third kappa shape index (κ3) is 4.78. The van der Waals surface area contributed by atoms with E-state index in [1.165, 1.54) is 0 Å². The number of carbonyl (C=O) groups is 2. The van der Waals surface area contributed by atoms with Crippen LogP contribution in [0.1, 0.15) is 27.0 Å². The molecule has 0 saturated carbocycles. The van der Waals surface area contributed by atoms with Crippen molar-refractivity contribution in [3.05, 3.63) is 86.3 Å². The van der Waals surface area contributed by atoms with Gasteiger partial charge in [0.15, 0.2) is 5.78 Å². The van der Waals surface area contributed by atoms with Gasteiger partial charge >= 0.3 is 6.09 Å². The zero-order chi connectivity index (χ0) is 21.1. The summed E-state index contributed by atoms with van der Waals surface area (Å²) in [5.41, 5.74) is 4.56. The Morgan fingerprint density at radius 3 is 2.41 bits per heavy atom. The molecule has 3 aromatic rings. The summed E-state index contributed by atoms with van der Waals surface area (Å²) in [6.07, 6.45) is -1.17. The Bertz CT molecular complexity index is 1120.